The number of unbranched alkanes of at least 4 members (excludes halogenated alkanes) is 8. The van der Waals surface area contributed by atoms with Crippen molar-refractivity contribution in [1.29, 1.82) is 0 Å². The summed E-state index contributed by atoms with van der Waals surface area (Å²) in [6.45, 7) is 4.48. The Kier molecular flexibility index (Phi) is 12.9. The number of rotatable bonds is 12. The molecule has 1 N–H and O–H groups in total. The molecule has 0 aliphatic heterocycles. The second kappa shape index (κ2) is 13.7. The van der Waals surface area contributed by atoms with Gasteiger partial charge in [0.05, 0.1) is 6.54 Å². The fraction of sp³-hybridized carbons (Fsp3) is 0.875. The third kappa shape index (κ3) is 12.2. The van der Waals surface area contributed by atoms with Gasteiger partial charge in [-0.2, -0.15) is 0 Å². The summed E-state index contributed by atoms with van der Waals surface area (Å²) in [4.78, 5) is 27.5. The fourth-order valence-corrected chi connectivity index (χ4v) is 2.08. The second-order valence-electron chi connectivity index (χ2n) is 5.43. The largest absolute Gasteiger partial charge is 0.463 e. The third-order valence-corrected chi connectivity index (χ3v) is 3.37. The third-order valence-electron chi connectivity index (χ3n) is 3.37. The lowest BCUT2D eigenvalue weighted by Gasteiger charge is -2.17. The van der Waals surface area contributed by atoms with Gasteiger partial charge in [0.2, 0.25) is 0 Å². The average Bonchev–Trinajstić information content (AvgIpc) is 2.45. The van der Waals surface area contributed by atoms with E-state index in [0.717, 1.165) is 37.2 Å². The zero-order chi connectivity index (χ0) is 15.9. The number of hydroxylamine groups is 2. The number of carbonyl (C=O) groups excluding carboxylic acids is 1. The van der Waals surface area contributed by atoms with E-state index in [2.05, 4.69) is 6.92 Å². The number of amides is 1. The Morgan fingerprint density at radius 1 is 0.857 bits per heavy atom. The minimum atomic E-state index is -1.20. The lowest BCUT2D eigenvalue weighted by Crippen LogP contribution is -2.33. The Hall–Kier alpha value is -1.26. The first kappa shape index (κ1) is 19.7. The maximum Gasteiger partial charge on any atom is 0.440 e. The molecule has 5 nitrogen and oxygen atoms in total. The van der Waals surface area contributed by atoms with E-state index in [9.17, 15) is 9.59 Å². The van der Waals surface area contributed by atoms with Gasteiger partial charge in [0.1, 0.15) is 0 Å². The molecule has 0 aromatic carbocycles. The van der Waals surface area contributed by atoms with Crippen LogP contribution >= 0.6 is 0 Å². The molecule has 5 heteroatoms. The number of hydrogen-bond donors (Lipinski definition) is 1. The molecule has 21 heavy (non-hydrogen) atoms. The molecule has 1 amide bonds. The molecule has 0 unspecified atom stereocenters. The van der Waals surface area contributed by atoms with E-state index in [4.69, 9.17) is 9.94 Å². The topological polar surface area (TPSA) is 66.8 Å². The van der Waals surface area contributed by atoms with Gasteiger partial charge >= 0.3 is 12.1 Å². The molecule has 0 aromatic rings. The van der Waals surface area contributed by atoms with Gasteiger partial charge in [-0.1, -0.05) is 65.2 Å². The van der Waals surface area contributed by atoms with Crippen LogP contribution in [-0.4, -0.2) is 28.8 Å². The summed E-state index contributed by atoms with van der Waals surface area (Å²) in [5.41, 5.74) is 0. The van der Waals surface area contributed by atoms with Crippen molar-refractivity contribution >= 4 is 12.1 Å². The Morgan fingerprint density at radius 2 is 1.38 bits per heavy atom. The highest BCUT2D eigenvalue weighted by molar-refractivity contribution is 5.72. The van der Waals surface area contributed by atoms with E-state index in [1.54, 1.807) is 0 Å². The van der Waals surface area contributed by atoms with Gasteiger partial charge in [-0.25, -0.2) is 9.59 Å². The Balaban J connectivity index is 3.70. The molecule has 0 radical (unpaired) electrons. The van der Waals surface area contributed by atoms with Crippen molar-refractivity contribution in [3.8, 4) is 0 Å². The van der Waals surface area contributed by atoms with Crippen molar-refractivity contribution in [3.63, 3.8) is 0 Å². The van der Waals surface area contributed by atoms with Gasteiger partial charge in [-0.15, -0.1) is 5.06 Å². The van der Waals surface area contributed by atoms with Crippen LogP contribution in [0.25, 0.3) is 0 Å². The van der Waals surface area contributed by atoms with E-state index < -0.39 is 12.1 Å². The molecule has 0 saturated heterocycles. The van der Waals surface area contributed by atoms with E-state index in [1.807, 2.05) is 6.92 Å². The summed E-state index contributed by atoms with van der Waals surface area (Å²) in [6.07, 6.45) is 9.62. The summed E-state index contributed by atoms with van der Waals surface area (Å²) >= 11 is 0. The quantitative estimate of drug-likeness (QED) is 0.417. The minimum Gasteiger partial charge on any atom is -0.463 e. The molecule has 0 aliphatic carbocycles. The fourth-order valence-electron chi connectivity index (χ4n) is 2.08. The molecule has 0 saturated carbocycles. The highest BCUT2D eigenvalue weighted by atomic mass is 16.7. The van der Waals surface area contributed by atoms with Crippen LogP contribution in [0.2, 0.25) is 0 Å². The van der Waals surface area contributed by atoms with Crippen LogP contribution in [0.4, 0.5) is 4.79 Å². The SMILES string of the molecule is CCCCCCCCCC(=O)ON(CCCCC)C(=O)O. The maximum absolute atomic E-state index is 11.6. The van der Waals surface area contributed by atoms with Crippen molar-refractivity contribution in [1.82, 2.24) is 5.06 Å². The van der Waals surface area contributed by atoms with Crippen LogP contribution in [0.3, 0.4) is 0 Å². The zero-order valence-corrected chi connectivity index (χ0v) is 13.6. The normalized spacial score (nSPS) is 10.4. The van der Waals surface area contributed by atoms with Crippen molar-refractivity contribution in [3.05, 3.63) is 0 Å². The molecular formula is C16H31NO4. The van der Waals surface area contributed by atoms with Gasteiger partial charge < -0.3 is 9.94 Å². The molecule has 0 spiro atoms. The molecule has 0 aromatic heterocycles. The Labute approximate surface area is 128 Å². The molecule has 0 atom stereocenters. The van der Waals surface area contributed by atoms with Crippen molar-refractivity contribution in [2.75, 3.05) is 6.54 Å². The van der Waals surface area contributed by atoms with Gasteiger partial charge in [-0.3, -0.25) is 0 Å². The minimum absolute atomic E-state index is 0.256. The van der Waals surface area contributed by atoms with Crippen LogP contribution in [0.1, 0.15) is 84.5 Å². The molecule has 0 heterocycles. The first-order valence-electron chi connectivity index (χ1n) is 8.33. The molecule has 0 bridgehead atoms. The second-order valence-corrected chi connectivity index (χ2v) is 5.43. The zero-order valence-electron chi connectivity index (χ0n) is 13.6. The molecular weight excluding hydrogens is 270 g/mol. The lowest BCUT2D eigenvalue weighted by molar-refractivity contribution is -0.180. The summed E-state index contributed by atoms with van der Waals surface area (Å²) in [5, 5.41) is 9.73. The summed E-state index contributed by atoms with van der Waals surface area (Å²) in [5.74, 6) is -0.442. The Bertz CT molecular complexity index is 281. The van der Waals surface area contributed by atoms with Gasteiger partial charge in [0, 0.05) is 6.42 Å². The highest BCUT2D eigenvalue weighted by Crippen LogP contribution is 2.09. The smallest absolute Gasteiger partial charge is 0.440 e. The van der Waals surface area contributed by atoms with Gasteiger partial charge in [0.15, 0.2) is 0 Å². The predicted octanol–water partition coefficient (Wildman–Crippen LogP) is 4.76. The summed E-state index contributed by atoms with van der Waals surface area (Å²) in [6, 6.07) is 0. The number of carboxylic acid groups (broad SMARTS) is 1. The Morgan fingerprint density at radius 3 is 1.95 bits per heavy atom. The monoisotopic (exact) mass is 301 g/mol. The van der Waals surface area contributed by atoms with Crippen LogP contribution < -0.4 is 0 Å². The van der Waals surface area contributed by atoms with E-state index in [0.29, 0.717) is 12.8 Å². The summed E-state index contributed by atoms with van der Waals surface area (Å²) < 4.78 is 0. The van der Waals surface area contributed by atoms with Crippen LogP contribution in [0.15, 0.2) is 0 Å². The van der Waals surface area contributed by atoms with Crippen LogP contribution in [0, 0.1) is 0 Å². The maximum atomic E-state index is 11.6. The molecule has 0 aliphatic rings. The van der Waals surface area contributed by atoms with Crippen LogP contribution in [0.5, 0.6) is 0 Å². The van der Waals surface area contributed by atoms with E-state index >= 15 is 0 Å². The van der Waals surface area contributed by atoms with Gasteiger partial charge in [-0.05, 0) is 12.8 Å². The summed E-state index contributed by atoms with van der Waals surface area (Å²) in [7, 11) is 0. The first-order chi connectivity index (χ1) is 10.1. The number of carbonyl (C=O) groups is 2. The predicted molar refractivity (Wildman–Crippen MR) is 83.0 cm³/mol. The van der Waals surface area contributed by atoms with E-state index in [-0.39, 0.29) is 6.54 Å². The number of hydrogen-bond acceptors (Lipinski definition) is 3. The average molecular weight is 301 g/mol. The molecule has 0 fully saturated rings. The van der Waals surface area contributed by atoms with Crippen LogP contribution in [-0.2, 0) is 9.63 Å². The van der Waals surface area contributed by atoms with Gasteiger partial charge in [0.25, 0.3) is 0 Å². The van der Waals surface area contributed by atoms with Crippen molar-refractivity contribution < 1.29 is 19.5 Å². The number of nitrogens with zero attached hydrogens (tertiary/aromatic N) is 1. The van der Waals surface area contributed by atoms with E-state index in [1.165, 1.54) is 25.7 Å². The molecule has 0 rings (SSSR count). The highest BCUT2D eigenvalue weighted by Gasteiger charge is 2.16. The first-order valence-corrected chi connectivity index (χ1v) is 8.33. The van der Waals surface area contributed by atoms with Crippen molar-refractivity contribution in [2.45, 2.75) is 84.5 Å². The lowest BCUT2D eigenvalue weighted by atomic mass is 10.1. The standard InChI is InChI=1S/C16H31NO4/c1-3-5-7-8-9-10-11-13-15(18)21-17(16(19)20)14-12-6-4-2/h3-14H2,1-2H3,(H,19,20). The molecule has 124 valence electrons. The van der Waals surface area contributed by atoms with Crippen molar-refractivity contribution in [2.24, 2.45) is 0 Å².